The van der Waals surface area contributed by atoms with Crippen LogP contribution in [0.4, 0.5) is 0 Å². The van der Waals surface area contributed by atoms with E-state index in [0.29, 0.717) is 5.92 Å². The lowest BCUT2D eigenvalue weighted by molar-refractivity contribution is -0.0147. The Labute approximate surface area is 149 Å². The van der Waals surface area contributed by atoms with E-state index in [9.17, 15) is 5.11 Å². The number of benzene rings is 2. The second-order valence-corrected chi connectivity index (χ2v) is 7.42. The maximum Gasteiger partial charge on any atom is 0.0693 e. The van der Waals surface area contributed by atoms with Gasteiger partial charge in [0.2, 0.25) is 0 Å². The molecule has 2 aromatic carbocycles. The molecule has 0 spiro atoms. The summed E-state index contributed by atoms with van der Waals surface area (Å²) in [6.45, 7) is 2.02. The van der Waals surface area contributed by atoms with E-state index in [-0.39, 0.29) is 5.92 Å². The van der Waals surface area contributed by atoms with Gasteiger partial charge < -0.3 is 10.1 Å². The molecule has 2 aliphatic carbocycles. The number of nitrogens with one attached hydrogen (secondary N) is 1. The molecule has 3 atom stereocenters. The number of rotatable bonds is 0. The number of H-pyrrole nitrogens is 1. The van der Waals surface area contributed by atoms with Crippen LogP contribution in [0.15, 0.2) is 67.0 Å². The minimum Gasteiger partial charge on any atom is -0.390 e. The molecule has 0 aliphatic heterocycles. The van der Waals surface area contributed by atoms with Gasteiger partial charge in [-0.25, -0.2) is 0 Å². The normalized spacial score (nSPS) is 27.1. The maximum absolute atomic E-state index is 10.9. The second kappa shape index (κ2) is 6.53. The summed E-state index contributed by atoms with van der Waals surface area (Å²) in [5, 5.41) is 13.4. The number of aromatic nitrogens is 1. The Morgan fingerprint density at radius 2 is 1.84 bits per heavy atom. The first-order valence-electron chi connectivity index (χ1n) is 9.17. The van der Waals surface area contributed by atoms with Gasteiger partial charge in [-0.2, -0.15) is 0 Å². The number of aliphatic hydroxyl groups is 1. The van der Waals surface area contributed by atoms with E-state index >= 15 is 0 Å². The van der Waals surface area contributed by atoms with E-state index in [1.165, 1.54) is 28.3 Å². The lowest BCUT2D eigenvalue weighted by Crippen LogP contribution is -2.41. The number of hydrogen-bond donors (Lipinski definition) is 2. The van der Waals surface area contributed by atoms with E-state index in [1.54, 1.807) is 0 Å². The van der Waals surface area contributed by atoms with Gasteiger partial charge in [-0.05, 0) is 66.1 Å². The third-order valence-corrected chi connectivity index (χ3v) is 5.66. The average Bonchev–Trinajstić information content (AvgIpc) is 3.20. The summed E-state index contributed by atoms with van der Waals surface area (Å²) in [7, 11) is 0. The predicted octanol–water partition coefficient (Wildman–Crippen LogP) is 5.52. The van der Waals surface area contributed by atoms with Crippen LogP contribution in [0.25, 0.3) is 16.8 Å². The SMILES string of the molecule is CC1(O)CCCC2C=Cc3c(ccc4ccccc34)C21.c1cc[nH]c1. The Morgan fingerprint density at radius 1 is 1.04 bits per heavy atom. The molecule has 5 rings (SSSR count). The number of allylic oxidation sites excluding steroid dienone is 1. The van der Waals surface area contributed by atoms with Crippen LogP contribution < -0.4 is 0 Å². The molecule has 0 radical (unpaired) electrons. The van der Waals surface area contributed by atoms with Gasteiger partial charge in [0.25, 0.3) is 0 Å². The van der Waals surface area contributed by atoms with Gasteiger partial charge in [0.05, 0.1) is 5.60 Å². The van der Waals surface area contributed by atoms with Crippen LogP contribution in [-0.4, -0.2) is 15.7 Å². The van der Waals surface area contributed by atoms with Crippen molar-refractivity contribution in [1.82, 2.24) is 4.98 Å². The summed E-state index contributed by atoms with van der Waals surface area (Å²) < 4.78 is 0. The molecule has 1 heterocycles. The first kappa shape index (κ1) is 16.2. The van der Waals surface area contributed by atoms with Crippen molar-refractivity contribution in [3.05, 3.63) is 78.1 Å². The quantitative estimate of drug-likeness (QED) is 0.559. The minimum atomic E-state index is -0.578. The van der Waals surface area contributed by atoms with Gasteiger partial charge in [0.15, 0.2) is 0 Å². The molecule has 1 fully saturated rings. The van der Waals surface area contributed by atoms with E-state index in [4.69, 9.17) is 0 Å². The van der Waals surface area contributed by atoms with E-state index in [1.807, 2.05) is 31.5 Å². The zero-order valence-electron chi connectivity index (χ0n) is 14.7. The maximum atomic E-state index is 10.9. The molecular formula is C23H25NO. The molecule has 2 nitrogen and oxygen atoms in total. The van der Waals surface area contributed by atoms with Gasteiger partial charge in [-0.3, -0.25) is 0 Å². The third-order valence-electron chi connectivity index (χ3n) is 5.66. The standard InChI is InChI=1S/C19H20O.C4H5N/c1-19(20)12-4-6-14-9-10-16-15-7-3-2-5-13(15)8-11-17(16)18(14)19;1-2-4-5-3-1/h2-3,5,7-11,14,18,20H,4,6,12H2,1H3;1-5H. The summed E-state index contributed by atoms with van der Waals surface area (Å²) in [6, 6.07) is 16.9. The fourth-order valence-corrected chi connectivity index (χ4v) is 4.52. The molecule has 2 heteroatoms. The van der Waals surface area contributed by atoms with Crippen LogP contribution >= 0.6 is 0 Å². The predicted molar refractivity (Wildman–Crippen MR) is 104 cm³/mol. The highest BCUT2D eigenvalue weighted by Crippen LogP contribution is 2.49. The molecule has 2 N–H and O–H groups in total. The molecule has 25 heavy (non-hydrogen) atoms. The van der Waals surface area contributed by atoms with Gasteiger partial charge in [0.1, 0.15) is 0 Å². The Balaban J connectivity index is 0.000000272. The summed E-state index contributed by atoms with van der Waals surface area (Å²) in [6.07, 6.45) is 11.6. The smallest absolute Gasteiger partial charge is 0.0693 e. The molecule has 3 aromatic rings. The summed E-state index contributed by atoms with van der Waals surface area (Å²) >= 11 is 0. The van der Waals surface area contributed by atoms with Crippen molar-refractivity contribution in [3.8, 4) is 0 Å². The van der Waals surface area contributed by atoms with Crippen molar-refractivity contribution in [1.29, 1.82) is 0 Å². The van der Waals surface area contributed by atoms with E-state index in [0.717, 1.165) is 12.8 Å². The summed E-state index contributed by atoms with van der Waals surface area (Å²) in [5.41, 5.74) is 2.07. The molecule has 1 aromatic heterocycles. The van der Waals surface area contributed by atoms with E-state index < -0.39 is 5.60 Å². The van der Waals surface area contributed by atoms with Gasteiger partial charge in [0, 0.05) is 18.3 Å². The Morgan fingerprint density at radius 3 is 2.60 bits per heavy atom. The largest absolute Gasteiger partial charge is 0.390 e. The highest BCUT2D eigenvalue weighted by Gasteiger charge is 2.43. The molecule has 0 saturated heterocycles. The molecule has 2 aliphatic rings. The lowest BCUT2D eigenvalue weighted by atomic mass is 9.63. The monoisotopic (exact) mass is 331 g/mol. The Hall–Kier alpha value is -2.32. The zero-order chi connectivity index (χ0) is 17.3. The number of fused-ring (bicyclic) bond motifs is 5. The van der Waals surface area contributed by atoms with Crippen molar-refractivity contribution < 1.29 is 5.11 Å². The van der Waals surface area contributed by atoms with Gasteiger partial charge in [-0.15, -0.1) is 0 Å². The number of hydrogen-bond acceptors (Lipinski definition) is 1. The Kier molecular flexibility index (Phi) is 4.22. The van der Waals surface area contributed by atoms with Crippen LogP contribution in [0.1, 0.15) is 43.2 Å². The Bertz CT molecular complexity index is 859. The number of aromatic amines is 1. The van der Waals surface area contributed by atoms with Gasteiger partial charge >= 0.3 is 0 Å². The second-order valence-electron chi connectivity index (χ2n) is 7.42. The third kappa shape index (κ3) is 3.03. The fraction of sp³-hybridized carbons (Fsp3) is 0.304. The molecule has 1 saturated carbocycles. The van der Waals surface area contributed by atoms with Crippen molar-refractivity contribution in [2.24, 2.45) is 5.92 Å². The fourth-order valence-electron chi connectivity index (χ4n) is 4.52. The molecule has 128 valence electrons. The zero-order valence-corrected chi connectivity index (χ0v) is 14.7. The van der Waals surface area contributed by atoms with Crippen LogP contribution in [0, 0.1) is 5.92 Å². The van der Waals surface area contributed by atoms with Crippen molar-refractivity contribution in [3.63, 3.8) is 0 Å². The molecular weight excluding hydrogens is 306 g/mol. The highest BCUT2D eigenvalue weighted by atomic mass is 16.3. The summed E-state index contributed by atoms with van der Waals surface area (Å²) in [5.74, 6) is 0.744. The first-order chi connectivity index (χ1) is 12.2. The van der Waals surface area contributed by atoms with E-state index in [2.05, 4.69) is 53.5 Å². The topological polar surface area (TPSA) is 36.0 Å². The van der Waals surface area contributed by atoms with Crippen LogP contribution in [0.5, 0.6) is 0 Å². The van der Waals surface area contributed by atoms with Gasteiger partial charge in [-0.1, -0.05) is 48.6 Å². The molecule has 0 bridgehead atoms. The van der Waals surface area contributed by atoms with Crippen LogP contribution in [0.2, 0.25) is 0 Å². The van der Waals surface area contributed by atoms with Crippen molar-refractivity contribution in [2.45, 2.75) is 37.7 Å². The van der Waals surface area contributed by atoms with Crippen molar-refractivity contribution in [2.75, 3.05) is 0 Å². The average molecular weight is 331 g/mol. The highest BCUT2D eigenvalue weighted by molar-refractivity contribution is 5.92. The van der Waals surface area contributed by atoms with Crippen LogP contribution in [0.3, 0.4) is 0 Å². The minimum absolute atomic E-state index is 0.251. The molecule has 0 amide bonds. The van der Waals surface area contributed by atoms with Crippen molar-refractivity contribution >= 4 is 16.8 Å². The first-order valence-corrected chi connectivity index (χ1v) is 9.17. The lowest BCUT2D eigenvalue weighted by Gasteiger charge is -2.44. The molecule has 3 unspecified atom stereocenters. The van der Waals surface area contributed by atoms with Crippen LogP contribution in [-0.2, 0) is 0 Å². The summed E-state index contributed by atoms with van der Waals surface area (Å²) in [4.78, 5) is 2.86.